The van der Waals surface area contributed by atoms with Crippen LogP contribution in [0.25, 0.3) is 0 Å². The predicted molar refractivity (Wildman–Crippen MR) is 73.1 cm³/mol. The summed E-state index contributed by atoms with van der Waals surface area (Å²) >= 11 is 0. The van der Waals surface area contributed by atoms with Gasteiger partial charge in [0, 0.05) is 6.42 Å². The minimum absolute atomic E-state index is 0.00490. The van der Waals surface area contributed by atoms with E-state index in [2.05, 4.69) is 17.1 Å². The van der Waals surface area contributed by atoms with Crippen LogP contribution in [-0.2, 0) is 12.8 Å². The lowest BCUT2D eigenvalue weighted by Crippen LogP contribution is -2.01. The molecule has 0 amide bonds. The van der Waals surface area contributed by atoms with E-state index < -0.39 is 5.97 Å². The first kappa shape index (κ1) is 14.1. The summed E-state index contributed by atoms with van der Waals surface area (Å²) in [6.45, 7) is 2.11. The Morgan fingerprint density at radius 1 is 1.30 bits per heavy atom. The highest BCUT2D eigenvalue weighted by Crippen LogP contribution is 2.21. The van der Waals surface area contributed by atoms with E-state index in [4.69, 9.17) is 14.3 Å². The zero-order valence-electron chi connectivity index (χ0n) is 11.3. The number of nitrogens with zero attached hydrogens (tertiary/aromatic N) is 1. The molecule has 0 aliphatic carbocycles. The molecule has 5 heteroatoms. The largest absolute Gasteiger partial charge is 0.476 e. The summed E-state index contributed by atoms with van der Waals surface area (Å²) in [5.41, 5.74) is 1.09. The maximum Gasteiger partial charge on any atom is 0.362 e. The lowest BCUT2D eigenvalue weighted by Gasteiger charge is -1.99. The highest BCUT2D eigenvalue weighted by Gasteiger charge is 2.20. The van der Waals surface area contributed by atoms with Crippen LogP contribution in [0.5, 0.6) is 5.95 Å². The molecule has 0 spiro atoms. The van der Waals surface area contributed by atoms with Gasteiger partial charge in [-0.05, 0) is 25.3 Å². The molecule has 1 N–H and O–H groups in total. The molecule has 0 aliphatic heterocycles. The third-order valence-electron chi connectivity index (χ3n) is 2.82. The van der Waals surface area contributed by atoms with Gasteiger partial charge in [-0.1, -0.05) is 30.3 Å². The van der Waals surface area contributed by atoms with Crippen molar-refractivity contribution in [2.45, 2.75) is 26.2 Å². The number of aryl methyl sites for hydroxylation is 2. The standard InChI is InChI=1S/C15H17NO4/c1-2-19-15-13(14(17)18)16-12(20-15)10-6-9-11-7-4-3-5-8-11/h3-5,7-8H,2,6,9-10H2,1H3,(H,17,18). The van der Waals surface area contributed by atoms with Gasteiger partial charge in [0.15, 0.2) is 5.89 Å². The van der Waals surface area contributed by atoms with Gasteiger partial charge in [-0.3, -0.25) is 0 Å². The molecule has 0 saturated carbocycles. The van der Waals surface area contributed by atoms with Gasteiger partial charge in [-0.25, -0.2) is 9.78 Å². The number of carboxylic acid groups (broad SMARTS) is 1. The van der Waals surface area contributed by atoms with Crippen LogP contribution in [0.2, 0.25) is 0 Å². The summed E-state index contributed by atoms with van der Waals surface area (Å²) in [5, 5.41) is 9.01. The van der Waals surface area contributed by atoms with E-state index in [1.54, 1.807) is 6.92 Å². The molecular weight excluding hydrogens is 258 g/mol. The summed E-state index contributed by atoms with van der Waals surface area (Å²) in [7, 11) is 0. The summed E-state index contributed by atoms with van der Waals surface area (Å²) in [5.74, 6) is -0.733. The highest BCUT2D eigenvalue weighted by molar-refractivity contribution is 5.87. The normalized spacial score (nSPS) is 10.4. The molecule has 1 aromatic heterocycles. The summed E-state index contributed by atoms with van der Waals surface area (Å²) in [6.07, 6.45) is 2.33. The smallest absolute Gasteiger partial charge is 0.362 e. The third-order valence-corrected chi connectivity index (χ3v) is 2.82. The molecule has 1 heterocycles. The Kier molecular flexibility index (Phi) is 4.76. The van der Waals surface area contributed by atoms with E-state index in [-0.39, 0.29) is 11.6 Å². The van der Waals surface area contributed by atoms with Crippen LogP contribution in [0, 0.1) is 0 Å². The van der Waals surface area contributed by atoms with Gasteiger partial charge in [0.05, 0.1) is 6.61 Å². The monoisotopic (exact) mass is 275 g/mol. The average Bonchev–Trinajstić information content (AvgIpc) is 2.84. The lowest BCUT2D eigenvalue weighted by molar-refractivity contribution is 0.0683. The van der Waals surface area contributed by atoms with Gasteiger partial charge in [-0.15, -0.1) is 0 Å². The quantitative estimate of drug-likeness (QED) is 0.841. The van der Waals surface area contributed by atoms with E-state index in [0.29, 0.717) is 18.9 Å². The molecule has 20 heavy (non-hydrogen) atoms. The predicted octanol–water partition coefficient (Wildman–Crippen LogP) is 2.95. The second kappa shape index (κ2) is 6.75. The van der Waals surface area contributed by atoms with Crippen LogP contribution >= 0.6 is 0 Å². The van der Waals surface area contributed by atoms with Crippen molar-refractivity contribution in [1.82, 2.24) is 4.98 Å². The molecule has 5 nitrogen and oxygen atoms in total. The zero-order chi connectivity index (χ0) is 14.4. The molecule has 106 valence electrons. The SMILES string of the molecule is CCOc1oc(CCCc2ccccc2)nc1C(=O)O. The van der Waals surface area contributed by atoms with Gasteiger partial charge in [0.25, 0.3) is 0 Å². The molecule has 0 atom stereocenters. The number of hydrogen-bond donors (Lipinski definition) is 1. The Bertz CT molecular complexity index is 563. The maximum absolute atomic E-state index is 11.0. The van der Waals surface area contributed by atoms with E-state index in [0.717, 1.165) is 12.8 Å². The zero-order valence-corrected chi connectivity index (χ0v) is 11.3. The number of aromatic carboxylic acids is 1. The Balaban J connectivity index is 1.96. The number of oxazole rings is 1. The van der Waals surface area contributed by atoms with Gasteiger partial charge < -0.3 is 14.3 Å². The molecule has 0 fully saturated rings. The topological polar surface area (TPSA) is 72.6 Å². The summed E-state index contributed by atoms with van der Waals surface area (Å²) in [6, 6.07) is 10.1. The Morgan fingerprint density at radius 2 is 2.05 bits per heavy atom. The van der Waals surface area contributed by atoms with Crippen molar-refractivity contribution in [3.8, 4) is 5.95 Å². The number of carboxylic acids is 1. The fourth-order valence-corrected chi connectivity index (χ4v) is 1.91. The summed E-state index contributed by atoms with van der Waals surface area (Å²) < 4.78 is 10.5. The molecule has 0 radical (unpaired) electrons. The van der Waals surface area contributed by atoms with Crippen molar-refractivity contribution in [2.24, 2.45) is 0 Å². The van der Waals surface area contributed by atoms with E-state index >= 15 is 0 Å². The molecule has 0 unspecified atom stereocenters. The Hall–Kier alpha value is -2.30. The fraction of sp³-hybridized carbons (Fsp3) is 0.333. The van der Waals surface area contributed by atoms with Crippen molar-refractivity contribution in [3.63, 3.8) is 0 Å². The lowest BCUT2D eigenvalue weighted by atomic mass is 10.1. The molecule has 0 bridgehead atoms. The second-order valence-corrected chi connectivity index (χ2v) is 4.32. The van der Waals surface area contributed by atoms with Crippen molar-refractivity contribution >= 4 is 5.97 Å². The molecule has 2 rings (SSSR count). The van der Waals surface area contributed by atoms with E-state index in [1.807, 2.05) is 18.2 Å². The number of aromatic nitrogens is 1. The Morgan fingerprint density at radius 3 is 2.70 bits per heavy atom. The van der Waals surface area contributed by atoms with Crippen LogP contribution in [-0.4, -0.2) is 22.7 Å². The number of rotatable bonds is 7. The van der Waals surface area contributed by atoms with Crippen LogP contribution in [0.15, 0.2) is 34.7 Å². The maximum atomic E-state index is 11.0. The van der Waals surface area contributed by atoms with Crippen molar-refractivity contribution in [3.05, 3.63) is 47.5 Å². The summed E-state index contributed by atoms with van der Waals surface area (Å²) in [4.78, 5) is 15.0. The van der Waals surface area contributed by atoms with Gasteiger partial charge in [0.2, 0.25) is 5.69 Å². The van der Waals surface area contributed by atoms with Crippen LogP contribution < -0.4 is 4.74 Å². The molecule has 1 aromatic carbocycles. The number of carbonyl (C=O) groups is 1. The van der Waals surface area contributed by atoms with Crippen molar-refractivity contribution in [2.75, 3.05) is 6.61 Å². The van der Waals surface area contributed by atoms with Gasteiger partial charge >= 0.3 is 11.9 Å². The Labute approximate surface area is 117 Å². The fourth-order valence-electron chi connectivity index (χ4n) is 1.91. The first-order valence-electron chi connectivity index (χ1n) is 6.60. The second-order valence-electron chi connectivity index (χ2n) is 4.32. The van der Waals surface area contributed by atoms with E-state index in [9.17, 15) is 4.79 Å². The molecule has 2 aromatic rings. The molecule has 0 saturated heterocycles. The minimum atomic E-state index is -1.13. The van der Waals surface area contributed by atoms with Crippen molar-refractivity contribution in [1.29, 1.82) is 0 Å². The van der Waals surface area contributed by atoms with Crippen LogP contribution in [0.1, 0.15) is 35.3 Å². The molecule has 0 aliphatic rings. The first-order chi connectivity index (χ1) is 9.70. The van der Waals surface area contributed by atoms with Crippen molar-refractivity contribution < 1.29 is 19.1 Å². The minimum Gasteiger partial charge on any atom is -0.476 e. The van der Waals surface area contributed by atoms with Crippen LogP contribution in [0.4, 0.5) is 0 Å². The number of benzene rings is 1. The molecular formula is C15H17NO4. The third kappa shape index (κ3) is 3.60. The van der Waals surface area contributed by atoms with E-state index in [1.165, 1.54) is 5.56 Å². The first-order valence-corrected chi connectivity index (χ1v) is 6.60. The number of ether oxygens (including phenoxy) is 1. The van der Waals surface area contributed by atoms with Gasteiger partial charge in [0.1, 0.15) is 0 Å². The van der Waals surface area contributed by atoms with Gasteiger partial charge in [-0.2, -0.15) is 0 Å². The average molecular weight is 275 g/mol. The highest BCUT2D eigenvalue weighted by atomic mass is 16.6. The number of hydrogen-bond acceptors (Lipinski definition) is 4. The van der Waals surface area contributed by atoms with Crippen LogP contribution in [0.3, 0.4) is 0 Å².